The van der Waals surface area contributed by atoms with Crippen molar-refractivity contribution in [1.29, 1.82) is 0 Å². The Bertz CT molecular complexity index is 814. The van der Waals surface area contributed by atoms with Crippen molar-refractivity contribution < 1.29 is 14.3 Å². The molecule has 1 aromatic heterocycles. The van der Waals surface area contributed by atoms with Crippen molar-refractivity contribution in [3.63, 3.8) is 0 Å². The van der Waals surface area contributed by atoms with Gasteiger partial charge in [0.05, 0.1) is 19.8 Å². The molecule has 8 heteroatoms. The zero-order valence-electron chi connectivity index (χ0n) is 14.6. The molecule has 7 nitrogen and oxygen atoms in total. The van der Waals surface area contributed by atoms with Crippen LogP contribution in [-0.4, -0.2) is 41.2 Å². The van der Waals surface area contributed by atoms with E-state index in [-0.39, 0.29) is 5.97 Å². The molecule has 1 N–H and O–H groups in total. The summed E-state index contributed by atoms with van der Waals surface area (Å²) in [6.45, 7) is 1.98. The molecule has 1 aliphatic heterocycles. The summed E-state index contributed by atoms with van der Waals surface area (Å²) < 4.78 is 12.0. The first kappa shape index (κ1) is 17.3. The van der Waals surface area contributed by atoms with Crippen LogP contribution in [0, 0.1) is 0 Å². The second kappa shape index (κ2) is 7.18. The largest absolute Gasteiger partial charge is 0.497 e. The second-order valence-corrected chi connectivity index (χ2v) is 6.18. The number of rotatable bonds is 5. The van der Waals surface area contributed by atoms with Gasteiger partial charge in [-0.25, -0.2) is 9.48 Å². The number of benzene rings is 1. The average Bonchev–Trinajstić information content (AvgIpc) is 3.08. The highest BCUT2D eigenvalue weighted by molar-refractivity contribution is 7.98. The minimum absolute atomic E-state index is 0.378. The fourth-order valence-electron chi connectivity index (χ4n) is 2.86. The van der Waals surface area contributed by atoms with Crippen LogP contribution in [0.5, 0.6) is 5.75 Å². The van der Waals surface area contributed by atoms with Crippen molar-refractivity contribution in [1.82, 2.24) is 14.8 Å². The lowest BCUT2D eigenvalue weighted by atomic mass is 9.94. The number of nitrogens with one attached hydrogen (secondary N) is 1. The molecular formula is C17H20N4O3S. The third kappa shape index (κ3) is 3.09. The minimum Gasteiger partial charge on any atom is -0.497 e. The minimum atomic E-state index is -0.405. The molecule has 3 rings (SSSR count). The number of carbonyl (C=O) groups is 1. The van der Waals surface area contributed by atoms with Crippen LogP contribution in [0.15, 0.2) is 40.7 Å². The SMILES string of the molecule is CCC1=C(C(=O)OC)[C@H](c2ccc(OC)cc2)n2nc(SC)nc2N1. The van der Waals surface area contributed by atoms with Crippen molar-refractivity contribution in [2.24, 2.45) is 0 Å². The van der Waals surface area contributed by atoms with Gasteiger partial charge in [0.15, 0.2) is 0 Å². The van der Waals surface area contributed by atoms with Crippen molar-refractivity contribution in [3.8, 4) is 5.75 Å². The second-order valence-electron chi connectivity index (χ2n) is 5.40. The highest BCUT2D eigenvalue weighted by atomic mass is 32.2. The normalized spacial score (nSPS) is 16.2. The van der Waals surface area contributed by atoms with Gasteiger partial charge >= 0.3 is 5.97 Å². The molecular weight excluding hydrogens is 340 g/mol. The van der Waals surface area contributed by atoms with Gasteiger partial charge in [0.25, 0.3) is 0 Å². The van der Waals surface area contributed by atoms with Gasteiger partial charge in [0.2, 0.25) is 11.1 Å². The van der Waals surface area contributed by atoms with Gasteiger partial charge < -0.3 is 14.8 Å². The lowest BCUT2D eigenvalue weighted by Crippen LogP contribution is -2.30. The molecule has 0 radical (unpaired) electrons. The quantitative estimate of drug-likeness (QED) is 0.649. The zero-order chi connectivity index (χ0) is 18.0. The van der Waals surface area contributed by atoms with Gasteiger partial charge in [0.1, 0.15) is 11.8 Å². The van der Waals surface area contributed by atoms with Crippen molar-refractivity contribution in [2.75, 3.05) is 25.8 Å². The molecule has 0 saturated heterocycles. The Morgan fingerprint density at radius 1 is 1.32 bits per heavy atom. The number of nitrogens with zero attached hydrogens (tertiary/aromatic N) is 3. The third-order valence-corrected chi connectivity index (χ3v) is 4.63. The highest BCUT2D eigenvalue weighted by Crippen LogP contribution is 2.37. The summed E-state index contributed by atoms with van der Waals surface area (Å²) in [4.78, 5) is 17.0. The molecule has 0 saturated carbocycles. The predicted molar refractivity (Wildman–Crippen MR) is 95.9 cm³/mol. The monoisotopic (exact) mass is 360 g/mol. The summed E-state index contributed by atoms with van der Waals surface area (Å²) >= 11 is 1.45. The third-order valence-electron chi connectivity index (χ3n) is 4.09. The number of thioether (sulfide) groups is 1. The summed E-state index contributed by atoms with van der Waals surface area (Å²) in [6.07, 6.45) is 2.57. The molecule has 0 bridgehead atoms. The van der Waals surface area contributed by atoms with E-state index >= 15 is 0 Å². The van der Waals surface area contributed by atoms with Crippen LogP contribution in [-0.2, 0) is 9.53 Å². The number of fused-ring (bicyclic) bond motifs is 1. The van der Waals surface area contributed by atoms with Crippen molar-refractivity contribution in [2.45, 2.75) is 24.5 Å². The summed E-state index contributed by atoms with van der Waals surface area (Å²) in [5.74, 6) is 0.993. The number of methoxy groups -OCH3 is 2. The highest BCUT2D eigenvalue weighted by Gasteiger charge is 2.35. The van der Waals surface area contributed by atoms with E-state index in [4.69, 9.17) is 9.47 Å². The number of allylic oxidation sites excluding steroid dienone is 1. The fourth-order valence-corrected chi connectivity index (χ4v) is 3.21. The Hall–Kier alpha value is -2.48. The molecule has 2 aromatic rings. The van der Waals surface area contributed by atoms with E-state index in [0.29, 0.717) is 23.1 Å². The first-order chi connectivity index (χ1) is 12.1. The van der Waals surface area contributed by atoms with E-state index in [1.165, 1.54) is 18.9 Å². The molecule has 0 aliphatic carbocycles. The van der Waals surface area contributed by atoms with E-state index in [1.54, 1.807) is 11.8 Å². The average molecular weight is 360 g/mol. The van der Waals surface area contributed by atoms with E-state index in [1.807, 2.05) is 37.4 Å². The van der Waals surface area contributed by atoms with Crippen molar-refractivity contribution >= 4 is 23.7 Å². The lowest BCUT2D eigenvalue weighted by molar-refractivity contribution is -0.136. The number of ether oxygens (including phenoxy) is 2. The number of hydrogen-bond donors (Lipinski definition) is 1. The molecule has 0 unspecified atom stereocenters. The molecule has 1 aromatic carbocycles. The van der Waals surface area contributed by atoms with Gasteiger partial charge in [-0.2, -0.15) is 4.98 Å². The van der Waals surface area contributed by atoms with Gasteiger partial charge in [0, 0.05) is 5.70 Å². The molecule has 1 aliphatic rings. The van der Waals surface area contributed by atoms with E-state index < -0.39 is 6.04 Å². The molecule has 0 spiro atoms. The van der Waals surface area contributed by atoms with Crippen LogP contribution in [0.25, 0.3) is 0 Å². The summed E-state index contributed by atoms with van der Waals surface area (Å²) in [5, 5.41) is 8.40. The van der Waals surface area contributed by atoms with Gasteiger partial charge in [-0.05, 0) is 30.4 Å². The van der Waals surface area contributed by atoms with E-state index in [9.17, 15) is 4.79 Å². The van der Waals surface area contributed by atoms with Crippen LogP contribution in [0.3, 0.4) is 0 Å². The Labute approximate surface area is 150 Å². The Balaban J connectivity index is 2.18. The fraction of sp³-hybridized carbons (Fsp3) is 0.353. The van der Waals surface area contributed by atoms with Crippen molar-refractivity contribution in [3.05, 3.63) is 41.1 Å². The number of anilines is 1. The smallest absolute Gasteiger partial charge is 0.338 e. The molecule has 0 fully saturated rings. The topological polar surface area (TPSA) is 78.3 Å². The van der Waals surface area contributed by atoms with E-state index in [0.717, 1.165) is 17.0 Å². The molecule has 0 amide bonds. The van der Waals surface area contributed by atoms with Crippen LogP contribution < -0.4 is 10.1 Å². The van der Waals surface area contributed by atoms with Crippen LogP contribution >= 0.6 is 11.8 Å². The van der Waals surface area contributed by atoms with Gasteiger partial charge in [-0.3, -0.25) is 0 Å². The summed E-state index contributed by atoms with van der Waals surface area (Å²) in [6, 6.07) is 7.18. The number of hydrogen-bond acceptors (Lipinski definition) is 7. The number of aromatic nitrogens is 3. The molecule has 2 heterocycles. The summed E-state index contributed by atoms with van der Waals surface area (Å²) in [7, 11) is 3.01. The Kier molecular flexibility index (Phi) is 4.98. The molecule has 1 atom stereocenters. The maximum absolute atomic E-state index is 12.5. The first-order valence-electron chi connectivity index (χ1n) is 7.85. The predicted octanol–water partition coefficient (Wildman–Crippen LogP) is 2.86. The maximum Gasteiger partial charge on any atom is 0.338 e. The van der Waals surface area contributed by atoms with E-state index in [2.05, 4.69) is 15.4 Å². The van der Waals surface area contributed by atoms with Crippen LogP contribution in [0.2, 0.25) is 0 Å². The standard InChI is InChI=1S/C17H20N4O3S/c1-5-12-13(15(22)24-3)14(10-6-8-11(23-2)9-7-10)21-16(18-12)19-17(20-21)25-4/h6-9,14H,5H2,1-4H3,(H,18,19,20)/t14-/m0/s1. The number of esters is 1. The zero-order valence-corrected chi connectivity index (χ0v) is 15.4. The molecule has 25 heavy (non-hydrogen) atoms. The number of carbonyl (C=O) groups excluding carboxylic acids is 1. The van der Waals surface area contributed by atoms with Crippen LogP contribution in [0.1, 0.15) is 24.9 Å². The lowest BCUT2D eigenvalue weighted by Gasteiger charge is -2.28. The summed E-state index contributed by atoms with van der Waals surface area (Å²) in [5.41, 5.74) is 2.24. The first-order valence-corrected chi connectivity index (χ1v) is 9.08. The maximum atomic E-state index is 12.5. The Morgan fingerprint density at radius 2 is 2.04 bits per heavy atom. The Morgan fingerprint density at radius 3 is 2.60 bits per heavy atom. The van der Waals surface area contributed by atoms with Crippen LogP contribution in [0.4, 0.5) is 5.95 Å². The molecule has 132 valence electrons. The van der Waals surface area contributed by atoms with Gasteiger partial charge in [-0.1, -0.05) is 30.8 Å². The van der Waals surface area contributed by atoms with Gasteiger partial charge in [-0.15, -0.1) is 5.10 Å².